The maximum absolute atomic E-state index is 11.5. The van der Waals surface area contributed by atoms with E-state index in [2.05, 4.69) is 4.98 Å². The van der Waals surface area contributed by atoms with Gasteiger partial charge < -0.3 is 14.9 Å². The van der Waals surface area contributed by atoms with Crippen molar-refractivity contribution >= 4 is 0 Å². The van der Waals surface area contributed by atoms with Crippen LogP contribution in [0.1, 0.15) is 18.2 Å². The summed E-state index contributed by atoms with van der Waals surface area (Å²) in [5, 5.41) is 18.5. The zero-order valence-electron chi connectivity index (χ0n) is 8.58. The minimum atomic E-state index is -1.30. The van der Waals surface area contributed by atoms with Crippen LogP contribution in [0.2, 0.25) is 0 Å². The molecule has 7 heteroatoms. The van der Waals surface area contributed by atoms with Crippen molar-refractivity contribution in [3.05, 3.63) is 32.6 Å². The molecule has 0 aliphatic carbocycles. The number of aromatic nitrogens is 2. The Kier molecular flexibility index (Phi) is 2.66. The van der Waals surface area contributed by atoms with Crippen molar-refractivity contribution in [2.45, 2.75) is 32.0 Å². The van der Waals surface area contributed by atoms with Crippen LogP contribution in [-0.4, -0.2) is 32.2 Å². The van der Waals surface area contributed by atoms with E-state index in [0.29, 0.717) is 5.56 Å². The summed E-state index contributed by atoms with van der Waals surface area (Å²) in [4.78, 5) is 24.7. The zero-order chi connectivity index (χ0) is 11.9. The lowest BCUT2D eigenvalue weighted by molar-refractivity contribution is -0.142. The van der Waals surface area contributed by atoms with Gasteiger partial charge in [0.25, 0.3) is 5.56 Å². The standard InChI is InChI=1S/C9H12N2O5/c1-4-3-11(9(15)10-7(4)13)6-2-5(12)8(14)16-6/h3,5-6,8,12,14H,2H2,1H3,(H,10,13,15)/t5-,6-,8?/m0/s1. The van der Waals surface area contributed by atoms with E-state index < -0.39 is 29.9 Å². The molecule has 0 radical (unpaired) electrons. The topological polar surface area (TPSA) is 105 Å². The Balaban J connectivity index is 2.39. The molecule has 0 bridgehead atoms. The second-order valence-corrected chi connectivity index (χ2v) is 3.76. The molecule has 2 heterocycles. The van der Waals surface area contributed by atoms with Crippen molar-refractivity contribution in [3.63, 3.8) is 0 Å². The van der Waals surface area contributed by atoms with Gasteiger partial charge in [-0.05, 0) is 6.92 Å². The second kappa shape index (κ2) is 3.85. The van der Waals surface area contributed by atoms with Gasteiger partial charge in [0.15, 0.2) is 6.29 Å². The highest BCUT2D eigenvalue weighted by molar-refractivity contribution is 5.01. The lowest BCUT2D eigenvalue weighted by Gasteiger charge is -2.13. The fraction of sp³-hybridized carbons (Fsp3) is 0.556. The summed E-state index contributed by atoms with van der Waals surface area (Å²) < 4.78 is 6.13. The van der Waals surface area contributed by atoms with Gasteiger partial charge in [-0.2, -0.15) is 0 Å². The first-order valence-electron chi connectivity index (χ1n) is 4.82. The first kappa shape index (κ1) is 11.1. The van der Waals surface area contributed by atoms with Gasteiger partial charge in [-0.1, -0.05) is 0 Å². The van der Waals surface area contributed by atoms with Crippen LogP contribution >= 0.6 is 0 Å². The molecule has 1 aromatic rings. The minimum absolute atomic E-state index is 0.104. The number of nitrogens with zero attached hydrogens (tertiary/aromatic N) is 1. The third kappa shape index (κ3) is 1.80. The SMILES string of the molecule is Cc1cn([C@@H]2C[C@H](O)C(O)O2)c(=O)[nH]c1=O. The van der Waals surface area contributed by atoms with E-state index in [-0.39, 0.29) is 6.42 Å². The number of hydrogen-bond acceptors (Lipinski definition) is 5. The van der Waals surface area contributed by atoms with Crippen LogP contribution in [-0.2, 0) is 4.74 Å². The Morgan fingerprint density at radius 2 is 2.19 bits per heavy atom. The summed E-state index contributed by atoms with van der Waals surface area (Å²) in [6.07, 6.45) is -1.63. The first-order chi connectivity index (χ1) is 7.49. The summed E-state index contributed by atoms with van der Waals surface area (Å²) in [7, 11) is 0. The van der Waals surface area contributed by atoms with Gasteiger partial charge in [-0.3, -0.25) is 14.3 Å². The fourth-order valence-corrected chi connectivity index (χ4v) is 1.61. The molecule has 2 rings (SSSR count). The van der Waals surface area contributed by atoms with E-state index in [0.717, 1.165) is 4.57 Å². The van der Waals surface area contributed by atoms with Gasteiger partial charge in [0.05, 0.1) is 0 Å². The van der Waals surface area contributed by atoms with E-state index in [9.17, 15) is 19.8 Å². The molecule has 1 aliphatic heterocycles. The number of hydrogen-bond donors (Lipinski definition) is 3. The molecule has 0 spiro atoms. The average molecular weight is 228 g/mol. The predicted octanol–water partition coefficient (Wildman–Crippen LogP) is -1.56. The first-order valence-corrected chi connectivity index (χ1v) is 4.82. The van der Waals surface area contributed by atoms with Gasteiger partial charge in [0.2, 0.25) is 0 Å². The minimum Gasteiger partial charge on any atom is -0.388 e. The Hall–Kier alpha value is -1.44. The second-order valence-electron chi connectivity index (χ2n) is 3.76. The Labute approximate surface area is 89.9 Å². The number of rotatable bonds is 1. The van der Waals surface area contributed by atoms with Crippen molar-refractivity contribution in [1.29, 1.82) is 0 Å². The number of aliphatic hydroxyl groups is 2. The third-order valence-corrected chi connectivity index (χ3v) is 2.52. The van der Waals surface area contributed by atoms with Crippen molar-refractivity contribution < 1.29 is 14.9 Å². The molecule has 1 aliphatic rings. The molecular formula is C9H12N2O5. The van der Waals surface area contributed by atoms with Crippen molar-refractivity contribution in [3.8, 4) is 0 Å². The number of aromatic amines is 1. The number of aliphatic hydroxyl groups excluding tert-OH is 2. The smallest absolute Gasteiger partial charge is 0.330 e. The van der Waals surface area contributed by atoms with Crippen LogP contribution in [0.3, 0.4) is 0 Å². The quantitative estimate of drug-likeness (QED) is 0.539. The number of nitrogens with one attached hydrogen (secondary N) is 1. The van der Waals surface area contributed by atoms with E-state index in [1.165, 1.54) is 6.20 Å². The molecule has 88 valence electrons. The normalized spacial score (nSPS) is 29.6. The van der Waals surface area contributed by atoms with Crippen LogP contribution in [0, 0.1) is 6.92 Å². The van der Waals surface area contributed by atoms with Crippen LogP contribution in [0.5, 0.6) is 0 Å². The van der Waals surface area contributed by atoms with E-state index in [1.807, 2.05) is 0 Å². The maximum Gasteiger partial charge on any atom is 0.330 e. The number of aryl methyl sites for hydroxylation is 1. The van der Waals surface area contributed by atoms with Crippen molar-refractivity contribution in [2.24, 2.45) is 0 Å². The highest BCUT2D eigenvalue weighted by atomic mass is 16.6. The van der Waals surface area contributed by atoms with Gasteiger partial charge in [-0.15, -0.1) is 0 Å². The molecule has 3 N–H and O–H groups in total. The monoisotopic (exact) mass is 228 g/mol. The average Bonchev–Trinajstić information content (AvgIpc) is 2.53. The van der Waals surface area contributed by atoms with Crippen LogP contribution in [0.4, 0.5) is 0 Å². The molecule has 0 amide bonds. The number of H-pyrrole nitrogens is 1. The summed E-state index contributed by atoms with van der Waals surface area (Å²) in [5.41, 5.74) is -0.721. The summed E-state index contributed by atoms with van der Waals surface area (Å²) in [6.45, 7) is 1.55. The summed E-state index contributed by atoms with van der Waals surface area (Å²) >= 11 is 0. The number of ether oxygens (including phenoxy) is 1. The lowest BCUT2D eigenvalue weighted by atomic mass is 10.2. The predicted molar refractivity (Wildman–Crippen MR) is 52.8 cm³/mol. The summed E-state index contributed by atoms with van der Waals surface area (Å²) in [6, 6.07) is 0. The van der Waals surface area contributed by atoms with Crippen LogP contribution in [0.25, 0.3) is 0 Å². The van der Waals surface area contributed by atoms with Crippen LogP contribution in [0.15, 0.2) is 15.8 Å². The molecular weight excluding hydrogens is 216 g/mol. The lowest BCUT2D eigenvalue weighted by Crippen LogP contribution is -2.33. The van der Waals surface area contributed by atoms with E-state index in [4.69, 9.17) is 4.74 Å². The Morgan fingerprint density at radius 3 is 2.75 bits per heavy atom. The largest absolute Gasteiger partial charge is 0.388 e. The molecule has 0 aromatic carbocycles. The molecule has 1 fully saturated rings. The van der Waals surface area contributed by atoms with Crippen molar-refractivity contribution in [1.82, 2.24) is 9.55 Å². The molecule has 7 nitrogen and oxygen atoms in total. The molecule has 1 unspecified atom stereocenters. The van der Waals surface area contributed by atoms with Gasteiger partial charge in [-0.25, -0.2) is 4.79 Å². The van der Waals surface area contributed by atoms with Gasteiger partial charge >= 0.3 is 5.69 Å². The van der Waals surface area contributed by atoms with Crippen molar-refractivity contribution in [2.75, 3.05) is 0 Å². The third-order valence-electron chi connectivity index (χ3n) is 2.52. The molecule has 3 atom stereocenters. The Morgan fingerprint density at radius 1 is 1.50 bits per heavy atom. The maximum atomic E-state index is 11.5. The van der Waals surface area contributed by atoms with E-state index >= 15 is 0 Å². The Bertz CT molecular complexity index is 495. The fourth-order valence-electron chi connectivity index (χ4n) is 1.61. The van der Waals surface area contributed by atoms with E-state index in [1.54, 1.807) is 6.92 Å². The highest BCUT2D eigenvalue weighted by Crippen LogP contribution is 2.25. The molecule has 1 aromatic heterocycles. The highest BCUT2D eigenvalue weighted by Gasteiger charge is 2.34. The molecule has 0 saturated carbocycles. The molecule has 16 heavy (non-hydrogen) atoms. The van der Waals surface area contributed by atoms with Crippen LogP contribution < -0.4 is 11.2 Å². The van der Waals surface area contributed by atoms with Gasteiger partial charge in [0.1, 0.15) is 12.3 Å². The summed E-state index contributed by atoms with van der Waals surface area (Å²) in [5.74, 6) is 0. The van der Waals surface area contributed by atoms with Gasteiger partial charge in [0, 0.05) is 18.2 Å². The molecule has 1 saturated heterocycles. The zero-order valence-corrected chi connectivity index (χ0v) is 8.58.